The van der Waals surface area contributed by atoms with Crippen molar-refractivity contribution in [1.29, 1.82) is 0 Å². The fraction of sp³-hybridized carbons (Fsp3) is 0.176. The highest BCUT2D eigenvalue weighted by Crippen LogP contribution is 2.23. The summed E-state index contributed by atoms with van der Waals surface area (Å²) in [6.45, 7) is 4.32. The highest BCUT2D eigenvalue weighted by atomic mass is 14.9. The molecule has 0 fully saturated rings. The van der Waals surface area contributed by atoms with E-state index in [2.05, 4.69) is 72.7 Å². The molecular weight excluding hydrogens is 232 g/mol. The Labute approximate surface area is 113 Å². The zero-order valence-electron chi connectivity index (χ0n) is 11.3. The van der Waals surface area contributed by atoms with E-state index in [0.717, 1.165) is 5.69 Å². The molecule has 0 spiro atoms. The van der Waals surface area contributed by atoms with Crippen molar-refractivity contribution < 1.29 is 0 Å². The second kappa shape index (κ2) is 4.81. The number of fused-ring (bicyclic) bond motifs is 1. The van der Waals surface area contributed by atoms with Crippen LogP contribution < -0.4 is 5.32 Å². The molecule has 1 aromatic heterocycles. The third-order valence-corrected chi connectivity index (χ3v) is 3.48. The molecular formula is C17H18N2. The first kappa shape index (κ1) is 11.8. The Hall–Kier alpha value is -2.22. The zero-order chi connectivity index (χ0) is 13.2. The van der Waals surface area contributed by atoms with Gasteiger partial charge in [0.2, 0.25) is 0 Å². The number of aryl methyl sites for hydroxylation is 1. The minimum absolute atomic E-state index is 0.302. The smallest absolute Gasteiger partial charge is 0.0485 e. The topological polar surface area (TPSA) is 27.8 Å². The number of aromatic nitrogens is 1. The first-order valence-corrected chi connectivity index (χ1v) is 6.62. The van der Waals surface area contributed by atoms with Gasteiger partial charge < -0.3 is 10.3 Å². The normalized spacial score (nSPS) is 12.5. The molecule has 0 aliphatic heterocycles. The van der Waals surface area contributed by atoms with E-state index in [1.807, 2.05) is 6.20 Å². The average Bonchev–Trinajstić information content (AvgIpc) is 2.86. The van der Waals surface area contributed by atoms with Gasteiger partial charge in [-0.1, -0.05) is 29.8 Å². The number of rotatable bonds is 3. The summed E-state index contributed by atoms with van der Waals surface area (Å²) in [6.07, 6.45) is 1.97. The Bertz CT molecular complexity index is 697. The van der Waals surface area contributed by atoms with Crippen LogP contribution in [0.5, 0.6) is 0 Å². The van der Waals surface area contributed by atoms with Crippen LogP contribution in [0, 0.1) is 6.92 Å². The summed E-state index contributed by atoms with van der Waals surface area (Å²) in [4.78, 5) is 3.21. The molecule has 0 saturated carbocycles. The fourth-order valence-electron chi connectivity index (χ4n) is 2.42. The van der Waals surface area contributed by atoms with Crippen LogP contribution in [-0.4, -0.2) is 4.98 Å². The van der Waals surface area contributed by atoms with Crippen molar-refractivity contribution in [3.8, 4) is 0 Å². The van der Waals surface area contributed by atoms with Gasteiger partial charge in [-0.15, -0.1) is 0 Å². The number of anilines is 1. The molecule has 2 heteroatoms. The molecule has 3 aromatic rings. The number of H-pyrrole nitrogens is 1. The Morgan fingerprint density at radius 2 is 1.95 bits per heavy atom. The first-order chi connectivity index (χ1) is 9.22. The lowest BCUT2D eigenvalue weighted by Crippen LogP contribution is -2.06. The van der Waals surface area contributed by atoms with Gasteiger partial charge in [0.15, 0.2) is 0 Å². The van der Waals surface area contributed by atoms with Gasteiger partial charge in [0, 0.05) is 28.8 Å². The van der Waals surface area contributed by atoms with Crippen molar-refractivity contribution in [3.05, 3.63) is 65.9 Å². The molecule has 2 aromatic carbocycles. The van der Waals surface area contributed by atoms with Gasteiger partial charge in [-0.2, -0.15) is 0 Å². The predicted molar refractivity (Wildman–Crippen MR) is 81.5 cm³/mol. The summed E-state index contributed by atoms with van der Waals surface area (Å²) in [7, 11) is 0. The van der Waals surface area contributed by atoms with Crippen LogP contribution in [0.2, 0.25) is 0 Å². The van der Waals surface area contributed by atoms with Crippen LogP contribution in [-0.2, 0) is 0 Å². The van der Waals surface area contributed by atoms with Crippen LogP contribution in [0.1, 0.15) is 24.1 Å². The van der Waals surface area contributed by atoms with Gasteiger partial charge in [-0.05, 0) is 43.7 Å². The van der Waals surface area contributed by atoms with Crippen molar-refractivity contribution in [2.24, 2.45) is 0 Å². The van der Waals surface area contributed by atoms with Crippen molar-refractivity contribution in [3.63, 3.8) is 0 Å². The highest BCUT2D eigenvalue weighted by molar-refractivity contribution is 5.83. The van der Waals surface area contributed by atoms with E-state index in [4.69, 9.17) is 0 Å². The van der Waals surface area contributed by atoms with Gasteiger partial charge in [-0.25, -0.2) is 0 Å². The maximum Gasteiger partial charge on any atom is 0.0485 e. The molecule has 1 unspecified atom stereocenters. The Morgan fingerprint density at radius 1 is 1.05 bits per heavy atom. The summed E-state index contributed by atoms with van der Waals surface area (Å²) >= 11 is 0. The Kier molecular flexibility index (Phi) is 3.00. The van der Waals surface area contributed by atoms with E-state index in [1.165, 1.54) is 22.0 Å². The lowest BCUT2D eigenvalue weighted by molar-refractivity contribution is 0.883. The standard InChI is InChI=1S/C17H18N2/c1-12-4-3-5-14(10-12)13(2)19-16-6-7-17-15(11-16)8-9-18-17/h3-11,13,18-19H,1-2H3. The van der Waals surface area contributed by atoms with E-state index >= 15 is 0 Å². The van der Waals surface area contributed by atoms with Gasteiger partial charge in [-0.3, -0.25) is 0 Å². The molecule has 19 heavy (non-hydrogen) atoms. The molecule has 2 nitrogen and oxygen atoms in total. The molecule has 1 heterocycles. The van der Waals surface area contributed by atoms with E-state index in [-0.39, 0.29) is 0 Å². The van der Waals surface area contributed by atoms with Gasteiger partial charge >= 0.3 is 0 Å². The number of hydrogen-bond donors (Lipinski definition) is 2. The van der Waals surface area contributed by atoms with Crippen molar-refractivity contribution in [2.75, 3.05) is 5.32 Å². The molecule has 1 atom stereocenters. The van der Waals surface area contributed by atoms with Crippen LogP contribution in [0.3, 0.4) is 0 Å². The zero-order valence-corrected chi connectivity index (χ0v) is 11.3. The van der Waals surface area contributed by atoms with E-state index < -0.39 is 0 Å². The quantitative estimate of drug-likeness (QED) is 0.695. The number of benzene rings is 2. The molecule has 2 N–H and O–H groups in total. The van der Waals surface area contributed by atoms with Crippen LogP contribution in [0.15, 0.2) is 54.7 Å². The number of aromatic amines is 1. The molecule has 0 bridgehead atoms. The predicted octanol–water partition coefficient (Wildman–Crippen LogP) is 4.65. The molecule has 3 rings (SSSR count). The van der Waals surface area contributed by atoms with Gasteiger partial charge in [0.05, 0.1) is 0 Å². The van der Waals surface area contributed by atoms with Crippen LogP contribution in [0.25, 0.3) is 10.9 Å². The fourth-order valence-corrected chi connectivity index (χ4v) is 2.42. The van der Waals surface area contributed by atoms with Crippen molar-refractivity contribution in [1.82, 2.24) is 4.98 Å². The Balaban J connectivity index is 1.83. The largest absolute Gasteiger partial charge is 0.379 e. The second-order valence-electron chi connectivity index (χ2n) is 5.06. The number of nitrogens with one attached hydrogen (secondary N) is 2. The van der Waals surface area contributed by atoms with Gasteiger partial charge in [0.25, 0.3) is 0 Å². The van der Waals surface area contributed by atoms with Gasteiger partial charge in [0.1, 0.15) is 0 Å². The summed E-state index contributed by atoms with van der Waals surface area (Å²) in [5, 5.41) is 4.79. The molecule has 0 radical (unpaired) electrons. The minimum Gasteiger partial charge on any atom is -0.379 e. The van der Waals surface area contributed by atoms with Crippen molar-refractivity contribution >= 4 is 16.6 Å². The maximum atomic E-state index is 3.55. The molecule has 0 aliphatic rings. The second-order valence-corrected chi connectivity index (χ2v) is 5.06. The summed E-state index contributed by atoms with van der Waals surface area (Å²) < 4.78 is 0. The third-order valence-electron chi connectivity index (χ3n) is 3.48. The highest BCUT2D eigenvalue weighted by Gasteiger charge is 2.05. The molecule has 96 valence electrons. The van der Waals surface area contributed by atoms with Crippen LogP contribution in [0.4, 0.5) is 5.69 Å². The maximum absolute atomic E-state index is 3.55. The summed E-state index contributed by atoms with van der Waals surface area (Å²) in [5.41, 5.74) is 4.94. The lowest BCUT2D eigenvalue weighted by Gasteiger charge is -2.16. The molecule has 0 saturated heterocycles. The SMILES string of the molecule is Cc1cccc(C(C)Nc2ccc3[nH]ccc3c2)c1. The van der Waals surface area contributed by atoms with E-state index in [1.54, 1.807) is 0 Å². The minimum atomic E-state index is 0.302. The monoisotopic (exact) mass is 250 g/mol. The first-order valence-electron chi connectivity index (χ1n) is 6.62. The van der Waals surface area contributed by atoms with E-state index in [0.29, 0.717) is 6.04 Å². The number of hydrogen-bond acceptors (Lipinski definition) is 1. The molecule has 0 amide bonds. The summed E-state index contributed by atoms with van der Waals surface area (Å²) in [5.74, 6) is 0. The average molecular weight is 250 g/mol. The Morgan fingerprint density at radius 3 is 2.79 bits per heavy atom. The third kappa shape index (κ3) is 2.48. The lowest BCUT2D eigenvalue weighted by atomic mass is 10.1. The molecule has 0 aliphatic carbocycles. The summed E-state index contributed by atoms with van der Waals surface area (Å²) in [6, 6.07) is 17.4. The van der Waals surface area contributed by atoms with Crippen molar-refractivity contribution in [2.45, 2.75) is 19.9 Å². The van der Waals surface area contributed by atoms with E-state index in [9.17, 15) is 0 Å². The van der Waals surface area contributed by atoms with Crippen LogP contribution >= 0.6 is 0 Å².